The molecule has 0 saturated carbocycles. The van der Waals surface area contributed by atoms with Crippen LogP contribution in [0.15, 0.2) is 72.8 Å². The Bertz CT molecular complexity index is 3420. The molecular weight excluding hydrogens is 1880 g/mol. The first-order valence-corrected chi connectivity index (χ1v) is 47.1. The summed E-state index contributed by atoms with van der Waals surface area (Å²) < 4.78 is 216. The molecule has 27 aliphatic rings. The van der Waals surface area contributed by atoms with Gasteiger partial charge in [0.2, 0.25) is 0 Å². The first kappa shape index (κ1) is 116. The highest BCUT2D eigenvalue weighted by Crippen LogP contribution is 2.42. The number of benzene rings is 3. The SMILES string of the molecule is COC[C@H]1O[C@@H]2O[C@H]3[C@H](O)[C@@H](OC)[C@@H](O[C@H]4[C@H](O)[C@@H](OC)[C@@H](O[C@H]5[C@H](O)[C@@H](OC)[C@@H](O[C@H]6[C@H](O)[C@@H](OC)[C@@H](O[C@H]7[C@H](O)[C@@H](OC)[C@@H](O[C@H]8[C@H](O)[C@H](OC)[C@@H](O[C@H]1[C@H](O)[C@@H]2OC)O[C@@H]8COC)O[C@@H]7COC)O[C@@H]6COC)O[C@@H]5COC)O[C@@H]4COC)O[C@@H]3COC.O=C1NCCOCCOCCOCCOCc2ccc(cc2)-c2ccc(cc2)COCCOCCOCCOCCNC(=O)c2ccc1cc2. The minimum absolute atomic E-state index is 0.227. The van der Waals surface area contributed by atoms with Crippen LogP contribution in [-0.4, -0.2) is 514 Å². The molecule has 2 amide bonds. The second kappa shape index (κ2) is 61.1. The summed E-state index contributed by atoms with van der Waals surface area (Å²) in [5.41, 5.74) is 5.41. The normalized spacial score (nSPS) is 38.1. The average molecular weight is 2030 g/mol. The number of aliphatic hydroxyl groups is 7. The van der Waals surface area contributed by atoms with Gasteiger partial charge in [0.05, 0.1) is 152 Å². The topological polar surface area (TPSA) is 532 Å². The zero-order valence-electron chi connectivity index (χ0n) is 82.5. The summed E-state index contributed by atoms with van der Waals surface area (Å²) in [6, 6.07) is 23.2. The Morgan fingerprint density at radius 1 is 0.227 bits per heavy atom. The highest BCUT2D eigenvalue weighted by molar-refractivity contribution is 5.97. The molecule has 47 nitrogen and oxygen atoms in total. The van der Waals surface area contributed by atoms with E-state index < -0.39 is 215 Å². The molecular formula is C94H148N2O45. The van der Waals surface area contributed by atoms with Crippen molar-refractivity contribution in [3.05, 3.63) is 95.1 Å². The molecule has 21 fully saturated rings. The number of aliphatic hydroxyl groups excluding tert-OH is 7. The third kappa shape index (κ3) is 31.8. The van der Waals surface area contributed by atoms with Crippen molar-refractivity contribution in [3.8, 4) is 11.1 Å². The van der Waals surface area contributed by atoms with Crippen LogP contribution in [-0.2, 0) is 184 Å². The summed E-state index contributed by atoms with van der Waals surface area (Å²) in [5, 5.41) is 91.8. The highest BCUT2D eigenvalue weighted by atomic mass is 16.8. The number of hydrogen-bond acceptors (Lipinski definition) is 45. The van der Waals surface area contributed by atoms with Crippen molar-refractivity contribution in [2.45, 2.75) is 228 Å². The number of amides is 2. The molecule has 35 atom stereocenters. The Kier molecular flexibility index (Phi) is 50.4. The van der Waals surface area contributed by atoms with E-state index >= 15 is 0 Å². The van der Waals surface area contributed by atoms with Gasteiger partial charge < -0.3 is 217 Å². The van der Waals surface area contributed by atoms with Gasteiger partial charge >= 0.3 is 0 Å². The number of rotatable bonds is 21. The molecule has 9 N–H and O–H groups in total. The van der Waals surface area contributed by atoms with Crippen molar-refractivity contribution in [1.82, 2.24) is 10.6 Å². The van der Waals surface area contributed by atoms with E-state index in [1.54, 1.807) is 24.3 Å². The molecule has 20 bridgehead atoms. The number of hydrogen-bond donors (Lipinski definition) is 9. The van der Waals surface area contributed by atoms with E-state index in [0.29, 0.717) is 130 Å². The van der Waals surface area contributed by atoms with Gasteiger partial charge in [0.25, 0.3) is 11.8 Å². The van der Waals surface area contributed by atoms with Crippen LogP contribution in [0.25, 0.3) is 11.1 Å². The van der Waals surface area contributed by atoms with Crippen LogP contribution in [0.4, 0.5) is 0 Å². The molecule has 30 rings (SSSR count). The maximum absolute atomic E-state index is 12.4. The molecule has 804 valence electrons. The summed E-state index contributed by atoms with van der Waals surface area (Å²) in [7, 11) is 18.7. The number of carbonyl (C=O) groups excluding carboxylic acids is 2. The number of carbonyl (C=O) groups is 2. The fourth-order valence-electron chi connectivity index (χ4n) is 17.9. The summed E-state index contributed by atoms with van der Waals surface area (Å²) in [6.07, 6.45) is -49.4. The second-order valence-electron chi connectivity index (χ2n) is 34.3. The Labute approximate surface area is 820 Å². The molecule has 27 heterocycles. The number of methoxy groups -OCH3 is 14. The first-order chi connectivity index (χ1) is 68.6. The fourth-order valence-corrected chi connectivity index (χ4v) is 17.9. The predicted octanol–water partition coefficient (Wildman–Crippen LogP) is -2.41. The predicted molar refractivity (Wildman–Crippen MR) is 483 cm³/mol. The second-order valence-corrected chi connectivity index (χ2v) is 34.3. The average Bonchev–Trinajstić information content (AvgIpc) is 0.879. The van der Waals surface area contributed by atoms with E-state index in [4.69, 9.17) is 171 Å². The van der Waals surface area contributed by atoms with Gasteiger partial charge in [-0.15, -0.1) is 0 Å². The van der Waals surface area contributed by atoms with Gasteiger partial charge in [-0.3, -0.25) is 9.59 Å². The maximum atomic E-state index is 12.4. The fraction of sp³-hybridized carbons (Fsp3) is 0.787. The zero-order valence-corrected chi connectivity index (χ0v) is 82.5. The van der Waals surface area contributed by atoms with Crippen LogP contribution < -0.4 is 10.6 Å². The van der Waals surface area contributed by atoms with Gasteiger partial charge in [0.15, 0.2) is 44.0 Å². The molecule has 27 aliphatic heterocycles. The smallest absolute Gasteiger partial charge is 0.251 e. The van der Waals surface area contributed by atoms with Crippen LogP contribution >= 0.6 is 0 Å². The molecule has 0 unspecified atom stereocenters. The van der Waals surface area contributed by atoms with Gasteiger partial charge in [-0.25, -0.2) is 0 Å². The van der Waals surface area contributed by atoms with E-state index in [2.05, 4.69) is 59.2 Å². The standard InChI is InChI=1S/C56H98O35.C38H50N2O10/c1-64-15-22-36-29(57)43(71-8)50(78-22)86-37-23(16-65-2)80-52(45(73-10)30(37)58)88-39-25(18-67-4)82-54(47(75-12)32(39)60)90-41-27(20-69-6)84-56(49(77-14)34(41)62)91-42-28(21-70-7)83-55(48(76-13)35(42)63)89-40-26(19-68-5)81-53(46(74-11)33(40)61)87-38-24(17-66-3)79-51(85-36)44(72-9)31(38)59;41-37-35-9-11-36(12-10-35)38(42)40-14-16-44-18-20-46-22-24-48-26-28-50-30-32-3-7-34(8-4-32)33-5-1-31(2-6-33)29-49-27-25-47-23-21-45-19-17-43-15-13-39-37/h22-63H,15-21H2,1-14H3;1-12H,13-30H2,(H,39,41)(H,40,42)/t22-,23-,24-,25-,26-,27-,28-,29+,30+,31+,32+,33+,34+,35+,36-,37-,38-,39-,40-,41-,42-,43-,44-,45-,46-,47-,48+,49+,50-,51-,52-,53-,54-,55-,56-;/m1./s1. The molecule has 0 radical (unpaired) electrons. The van der Waals surface area contributed by atoms with Crippen LogP contribution in [0.2, 0.25) is 0 Å². The Balaban J connectivity index is 0.000000320. The minimum Gasteiger partial charge on any atom is -0.387 e. The van der Waals surface area contributed by atoms with Crippen molar-refractivity contribution >= 4 is 11.8 Å². The summed E-state index contributed by atoms with van der Waals surface area (Å²) in [4.78, 5) is 24.8. The lowest BCUT2D eigenvalue weighted by Crippen LogP contribution is -2.69. The molecule has 21 saturated heterocycles. The third-order valence-electron chi connectivity index (χ3n) is 25.1. The van der Waals surface area contributed by atoms with Crippen LogP contribution in [0, 0.1) is 0 Å². The van der Waals surface area contributed by atoms with Crippen molar-refractivity contribution in [1.29, 1.82) is 0 Å². The third-order valence-corrected chi connectivity index (χ3v) is 25.1. The molecule has 0 aromatic heterocycles. The van der Waals surface area contributed by atoms with Gasteiger partial charge in [-0.2, -0.15) is 0 Å². The molecule has 0 aliphatic carbocycles. The highest BCUT2D eigenvalue weighted by Gasteiger charge is 2.61. The Morgan fingerprint density at radius 3 is 0.560 bits per heavy atom. The maximum Gasteiger partial charge on any atom is 0.251 e. The minimum atomic E-state index is -1.62. The quantitative estimate of drug-likeness (QED) is 0.0536. The first-order valence-electron chi connectivity index (χ1n) is 47.1. The van der Waals surface area contributed by atoms with Crippen molar-refractivity contribution < 1.29 is 216 Å². The lowest BCUT2D eigenvalue weighted by Gasteiger charge is -2.51. The van der Waals surface area contributed by atoms with Gasteiger partial charge in [0, 0.05) is 124 Å². The number of ether oxygens (including phenoxy) is 36. The molecule has 3 aromatic carbocycles. The van der Waals surface area contributed by atoms with Gasteiger partial charge in [-0.1, -0.05) is 48.5 Å². The Morgan fingerprint density at radius 2 is 0.390 bits per heavy atom. The van der Waals surface area contributed by atoms with E-state index in [9.17, 15) is 45.3 Å². The number of nitrogens with one attached hydrogen (secondary N) is 2. The van der Waals surface area contributed by atoms with E-state index in [0.717, 1.165) is 22.3 Å². The summed E-state index contributed by atoms with van der Waals surface area (Å²) in [5.74, 6) is -0.476. The van der Waals surface area contributed by atoms with Crippen LogP contribution in [0.1, 0.15) is 31.8 Å². The molecule has 141 heavy (non-hydrogen) atoms. The van der Waals surface area contributed by atoms with E-state index in [1.807, 2.05) is 0 Å². The molecule has 0 spiro atoms. The van der Waals surface area contributed by atoms with E-state index in [-0.39, 0.29) is 58.1 Å². The molecule has 47 heteroatoms. The zero-order chi connectivity index (χ0) is 101. The lowest BCUT2D eigenvalue weighted by atomic mass is 9.95. The Hall–Kier alpha value is -5.12. The van der Waals surface area contributed by atoms with Crippen molar-refractivity contribution in [2.24, 2.45) is 0 Å². The summed E-state index contributed by atoms with van der Waals surface area (Å²) >= 11 is 0. The lowest BCUT2D eigenvalue weighted by molar-refractivity contribution is -0.400. The van der Waals surface area contributed by atoms with Crippen molar-refractivity contribution in [3.63, 3.8) is 0 Å². The van der Waals surface area contributed by atoms with Crippen molar-refractivity contribution in [2.75, 3.05) is 251 Å². The van der Waals surface area contributed by atoms with Crippen LogP contribution in [0.5, 0.6) is 0 Å². The van der Waals surface area contributed by atoms with Gasteiger partial charge in [-0.05, 0) is 46.5 Å². The summed E-state index contributed by atoms with van der Waals surface area (Å²) in [6.45, 7) is 6.40. The van der Waals surface area contributed by atoms with Gasteiger partial charge in [0.1, 0.15) is 171 Å². The monoisotopic (exact) mass is 2020 g/mol. The largest absolute Gasteiger partial charge is 0.387 e. The molecule has 3 aromatic rings. The van der Waals surface area contributed by atoms with Crippen LogP contribution in [0.3, 0.4) is 0 Å². The van der Waals surface area contributed by atoms with E-state index in [1.165, 1.54) is 99.5 Å².